The van der Waals surface area contributed by atoms with Crippen LogP contribution in [-0.4, -0.2) is 25.5 Å². The Morgan fingerprint density at radius 2 is 1.71 bits per heavy atom. The van der Waals surface area contributed by atoms with E-state index in [1.54, 1.807) is 10.9 Å². The molecule has 0 fully saturated rings. The molecule has 0 aliphatic rings. The van der Waals surface area contributed by atoms with Gasteiger partial charge in [0.25, 0.3) is 5.56 Å². The zero-order chi connectivity index (χ0) is 22.1. The first-order valence-electron chi connectivity index (χ1n) is 10.2. The Bertz CT molecular complexity index is 1330. The molecule has 4 rings (SSSR count). The molecule has 158 valence electrons. The summed E-state index contributed by atoms with van der Waals surface area (Å²) in [6, 6.07) is 13.9. The van der Waals surface area contributed by atoms with Crippen molar-refractivity contribution in [3.05, 3.63) is 87.0 Å². The monoisotopic (exact) mass is 415 g/mol. The molecule has 0 bridgehead atoms. The molecule has 0 saturated heterocycles. The minimum Gasteiger partial charge on any atom is -0.350 e. The van der Waals surface area contributed by atoms with Crippen molar-refractivity contribution in [2.24, 2.45) is 0 Å². The number of hydrogen-bond donors (Lipinski definition) is 1. The number of benzene rings is 2. The van der Waals surface area contributed by atoms with E-state index in [1.165, 1.54) is 4.68 Å². The van der Waals surface area contributed by atoms with E-state index in [4.69, 9.17) is 0 Å². The third-order valence-electron chi connectivity index (χ3n) is 5.35. The highest BCUT2D eigenvalue weighted by molar-refractivity contribution is 5.82. The van der Waals surface area contributed by atoms with E-state index in [2.05, 4.69) is 15.5 Å². The maximum absolute atomic E-state index is 13.2. The van der Waals surface area contributed by atoms with E-state index >= 15 is 0 Å². The second-order valence-corrected chi connectivity index (χ2v) is 7.92. The zero-order valence-corrected chi connectivity index (χ0v) is 18.1. The van der Waals surface area contributed by atoms with E-state index < -0.39 is 0 Å². The van der Waals surface area contributed by atoms with Gasteiger partial charge in [0.1, 0.15) is 12.1 Å². The number of aromatic nitrogens is 4. The van der Waals surface area contributed by atoms with E-state index in [0.29, 0.717) is 23.1 Å². The molecule has 2 aromatic carbocycles. The van der Waals surface area contributed by atoms with Crippen molar-refractivity contribution in [3.8, 4) is 5.69 Å². The highest BCUT2D eigenvalue weighted by Crippen LogP contribution is 2.20. The van der Waals surface area contributed by atoms with Gasteiger partial charge in [-0.15, -0.1) is 0 Å². The lowest BCUT2D eigenvalue weighted by Crippen LogP contribution is -2.34. The number of nitrogens with zero attached hydrogens (tertiary/aromatic N) is 4. The third kappa shape index (κ3) is 4.12. The molecule has 2 aromatic heterocycles. The Morgan fingerprint density at radius 1 is 1.00 bits per heavy atom. The van der Waals surface area contributed by atoms with Crippen LogP contribution in [0, 0.1) is 27.7 Å². The van der Waals surface area contributed by atoms with Gasteiger partial charge in [0.2, 0.25) is 5.91 Å². The normalized spacial score (nSPS) is 11.1. The summed E-state index contributed by atoms with van der Waals surface area (Å²) >= 11 is 0. The smallest absolute Gasteiger partial charge is 0.293 e. The van der Waals surface area contributed by atoms with Crippen LogP contribution in [0.1, 0.15) is 27.9 Å². The van der Waals surface area contributed by atoms with Crippen LogP contribution in [0.3, 0.4) is 0 Å². The molecule has 0 saturated carbocycles. The van der Waals surface area contributed by atoms with Gasteiger partial charge in [-0.2, -0.15) is 10.2 Å². The first kappa shape index (κ1) is 20.5. The Kier molecular flexibility index (Phi) is 5.42. The standard InChI is InChI=1S/C24H25N5O2/c1-15-5-8-19(9-6-15)12-25-22(30)14-28-24(31)23-20(18(4)27-28)13-26-29(23)21-10-7-16(2)11-17(21)3/h5-11,13H,12,14H2,1-4H3,(H,25,30). The molecule has 0 radical (unpaired) electrons. The fourth-order valence-electron chi connectivity index (χ4n) is 3.65. The van der Waals surface area contributed by atoms with Crippen LogP contribution < -0.4 is 10.9 Å². The van der Waals surface area contributed by atoms with Crippen molar-refractivity contribution >= 4 is 16.8 Å². The van der Waals surface area contributed by atoms with Crippen LogP contribution >= 0.6 is 0 Å². The van der Waals surface area contributed by atoms with Gasteiger partial charge in [-0.3, -0.25) is 9.59 Å². The highest BCUT2D eigenvalue weighted by atomic mass is 16.2. The maximum atomic E-state index is 13.2. The largest absolute Gasteiger partial charge is 0.350 e. The molecular weight excluding hydrogens is 390 g/mol. The predicted molar refractivity (Wildman–Crippen MR) is 120 cm³/mol. The number of carbonyl (C=O) groups excluding carboxylic acids is 1. The Labute approximate surface area is 180 Å². The molecule has 1 amide bonds. The molecule has 0 atom stereocenters. The fraction of sp³-hybridized carbons (Fsp3) is 0.250. The number of carbonyl (C=O) groups is 1. The number of rotatable bonds is 5. The molecule has 0 unspecified atom stereocenters. The summed E-state index contributed by atoms with van der Waals surface area (Å²) in [5, 5.41) is 12.3. The summed E-state index contributed by atoms with van der Waals surface area (Å²) in [5.41, 5.74) is 5.87. The fourth-order valence-corrected chi connectivity index (χ4v) is 3.65. The summed E-state index contributed by atoms with van der Waals surface area (Å²) in [7, 11) is 0. The third-order valence-corrected chi connectivity index (χ3v) is 5.35. The van der Waals surface area contributed by atoms with Crippen LogP contribution in [-0.2, 0) is 17.9 Å². The first-order valence-corrected chi connectivity index (χ1v) is 10.2. The molecule has 31 heavy (non-hydrogen) atoms. The van der Waals surface area contributed by atoms with Gasteiger partial charge in [0.15, 0.2) is 0 Å². The van der Waals surface area contributed by atoms with Crippen molar-refractivity contribution in [1.82, 2.24) is 24.9 Å². The molecular formula is C24H25N5O2. The van der Waals surface area contributed by atoms with Crippen LogP contribution in [0.4, 0.5) is 0 Å². The topological polar surface area (TPSA) is 81.8 Å². The molecule has 1 N–H and O–H groups in total. The second kappa shape index (κ2) is 8.18. The number of nitrogens with one attached hydrogen (secondary N) is 1. The van der Waals surface area contributed by atoms with Crippen molar-refractivity contribution < 1.29 is 4.79 Å². The van der Waals surface area contributed by atoms with Crippen LogP contribution in [0.15, 0.2) is 53.5 Å². The van der Waals surface area contributed by atoms with Crippen LogP contribution in [0.25, 0.3) is 16.6 Å². The van der Waals surface area contributed by atoms with E-state index in [1.807, 2.05) is 70.2 Å². The summed E-state index contributed by atoms with van der Waals surface area (Å²) in [6.45, 7) is 8.09. The first-order chi connectivity index (χ1) is 14.8. The van der Waals surface area contributed by atoms with Gasteiger partial charge in [-0.1, -0.05) is 47.5 Å². The van der Waals surface area contributed by atoms with Crippen molar-refractivity contribution in [1.29, 1.82) is 0 Å². The quantitative estimate of drug-likeness (QED) is 0.543. The van der Waals surface area contributed by atoms with E-state index in [-0.39, 0.29) is 18.0 Å². The Morgan fingerprint density at radius 3 is 2.42 bits per heavy atom. The van der Waals surface area contributed by atoms with Gasteiger partial charge in [0.05, 0.1) is 17.6 Å². The van der Waals surface area contributed by atoms with E-state index in [0.717, 1.165) is 27.9 Å². The average Bonchev–Trinajstić information content (AvgIpc) is 3.17. The summed E-state index contributed by atoms with van der Waals surface area (Å²) in [4.78, 5) is 25.7. The maximum Gasteiger partial charge on any atom is 0.293 e. The number of hydrogen-bond acceptors (Lipinski definition) is 4. The second-order valence-electron chi connectivity index (χ2n) is 7.92. The van der Waals surface area contributed by atoms with Gasteiger partial charge < -0.3 is 5.32 Å². The highest BCUT2D eigenvalue weighted by Gasteiger charge is 2.17. The Hall–Kier alpha value is -3.74. The molecule has 7 heteroatoms. The molecule has 2 heterocycles. The number of fused-ring (bicyclic) bond motifs is 1. The zero-order valence-electron chi connectivity index (χ0n) is 18.1. The molecule has 7 nitrogen and oxygen atoms in total. The lowest BCUT2D eigenvalue weighted by atomic mass is 10.1. The Balaban J connectivity index is 1.64. The summed E-state index contributed by atoms with van der Waals surface area (Å²) in [6.07, 6.45) is 1.65. The molecule has 0 spiro atoms. The van der Waals surface area contributed by atoms with Gasteiger partial charge in [-0.25, -0.2) is 9.36 Å². The average molecular weight is 415 g/mol. The minimum atomic E-state index is -0.344. The number of amides is 1. The summed E-state index contributed by atoms with van der Waals surface area (Å²) in [5.74, 6) is -0.272. The van der Waals surface area contributed by atoms with E-state index in [9.17, 15) is 9.59 Å². The lowest BCUT2D eigenvalue weighted by Gasteiger charge is -2.11. The molecule has 4 aromatic rings. The van der Waals surface area contributed by atoms with Gasteiger partial charge in [0, 0.05) is 11.9 Å². The summed E-state index contributed by atoms with van der Waals surface area (Å²) < 4.78 is 2.85. The SMILES string of the molecule is Cc1ccc(CNC(=O)Cn2nc(C)c3cnn(-c4ccc(C)cc4C)c3c2=O)cc1. The van der Waals surface area contributed by atoms with Crippen molar-refractivity contribution in [2.75, 3.05) is 0 Å². The number of aryl methyl sites for hydroxylation is 4. The van der Waals surface area contributed by atoms with Gasteiger partial charge >= 0.3 is 0 Å². The molecule has 0 aliphatic carbocycles. The van der Waals surface area contributed by atoms with Gasteiger partial charge in [-0.05, 0) is 44.9 Å². The van der Waals surface area contributed by atoms with Crippen molar-refractivity contribution in [2.45, 2.75) is 40.8 Å². The molecule has 0 aliphatic heterocycles. The predicted octanol–water partition coefficient (Wildman–Crippen LogP) is 3.13. The lowest BCUT2D eigenvalue weighted by molar-refractivity contribution is -0.122. The van der Waals surface area contributed by atoms with Crippen molar-refractivity contribution in [3.63, 3.8) is 0 Å². The minimum absolute atomic E-state index is 0.153. The van der Waals surface area contributed by atoms with Crippen LogP contribution in [0.2, 0.25) is 0 Å². The van der Waals surface area contributed by atoms with Crippen LogP contribution in [0.5, 0.6) is 0 Å².